The summed E-state index contributed by atoms with van der Waals surface area (Å²) in [6, 6.07) is 2.48. The number of rotatable bonds is 6. The highest BCUT2D eigenvalue weighted by Crippen LogP contribution is 2.31. The number of nitrogens with zero attached hydrogens (tertiary/aromatic N) is 3. The number of halogens is 1. The lowest BCUT2D eigenvalue weighted by molar-refractivity contribution is -0.384. The Labute approximate surface area is 143 Å². The fraction of sp³-hybridized carbons (Fsp3) is 0.333. The lowest BCUT2D eigenvalue weighted by Gasteiger charge is -2.10. The quantitative estimate of drug-likeness (QED) is 0.487. The number of ether oxygens (including phenoxy) is 1. The third kappa shape index (κ3) is 3.65. The fourth-order valence-corrected chi connectivity index (χ4v) is 2.48. The standard InChI is InChI=1S/C15H17ClN4O4/c1-9-10(8-18-19(9)2)4-5-17-13-7-12(16)11(15(21)24-3)6-14(13)20(22)23/h6-8,17H,4-5H2,1-3H3. The maximum absolute atomic E-state index is 11.6. The number of hydrogen-bond donors (Lipinski definition) is 1. The van der Waals surface area contributed by atoms with E-state index in [9.17, 15) is 14.9 Å². The number of nitro groups is 1. The second-order valence-electron chi connectivity index (χ2n) is 5.15. The molecule has 1 N–H and O–H groups in total. The predicted molar refractivity (Wildman–Crippen MR) is 89.6 cm³/mol. The second kappa shape index (κ2) is 7.31. The van der Waals surface area contributed by atoms with Crippen LogP contribution in [0.15, 0.2) is 18.3 Å². The smallest absolute Gasteiger partial charge is 0.339 e. The Morgan fingerprint density at radius 2 is 2.21 bits per heavy atom. The van der Waals surface area contributed by atoms with Gasteiger partial charge in [0, 0.05) is 25.4 Å². The molecule has 0 atom stereocenters. The molecular weight excluding hydrogens is 336 g/mol. The number of nitrogens with one attached hydrogen (secondary N) is 1. The summed E-state index contributed by atoms with van der Waals surface area (Å²) < 4.78 is 6.33. The minimum atomic E-state index is -0.722. The lowest BCUT2D eigenvalue weighted by atomic mass is 10.1. The van der Waals surface area contributed by atoms with Gasteiger partial charge >= 0.3 is 5.97 Å². The summed E-state index contributed by atoms with van der Waals surface area (Å²) in [4.78, 5) is 22.3. The number of aryl methyl sites for hydroxylation is 1. The first kappa shape index (κ1) is 17.7. The highest BCUT2D eigenvalue weighted by Gasteiger charge is 2.21. The minimum absolute atomic E-state index is 0.0421. The van der Waals surface area contributed by atoms with Gasteiger partial charge in [-0.15, -0.1) is 0 Å². The van der Waals surface area contributed by atoms with Gasteiger partial charge in [-0.3, -0.25) is 14.8 Å². The van der Waals surface area contributed by atoms with Gasteiger partial charge < -0.3 is 10.1 Å². The third-order valence-corrected chi connectivity index (χ3v) is 4.05. The molecule has 9 heteroatoms. The molecule has 0 amide bonds. The Balaban J connectivity index is 2.20. The Bertz CT molecular complexity index is 788. The summed E-state index contributed by atoms with van der Waals surface area (Å²) in [6.45, 7) is 2.41. The molecule has 0 aliphatic rings. The maximum Gasteiger partial charge on any atom is 0.339 e. The van der Waals surface area contributed by atoms with Crippen molar-refractivity contribution < 1.29 is 14.5 Å². The Morgan fingerprint density at radius 3 is 2.75 bits per heavy atom. The minimum Gasteiger partial charge on any atom is -0.465 e. The van der Waals surface area contributed by atoms with Crippen LogP contribution in [-0.2, 0) is 18.2 Å². The molecule has 1 aromatic carbocycles. The van der Waals surface area contributed by atoms with Crippen LogP contribution in [-0.4, -0.2) is 34.3 Å². The number of aromatic nitrogens is 2. The van der Waals surface area contributed by atoms with E-state index < -0.39 is 10.9 Å². The molecule has 1 heterocycles. The molecule has 0 aliphatic heterocycles. The van der Waals surface area contributed by atoms with Crippen molar-refractivity contribution in [3.8, 4) is 0 Å². The predicted octanol–water partition coefficient (Wildman–Crippen LogP) is 2.73. The summed E-state index contributed by atoms with van der Waals surface area (Å²) in [5.41, 5.74) is 2.05. The zero-order chi connectivity index (χ0) is 17.9. The molecule has 0 aliphatic carbocycles. The summed E-state index contributed by atoms with van der Waals surface area (Å²) in [5.74, 6) is -0.722. The number of carbonyl (C=O) groups excluding carboxylic acids is 1. The van der Waals surface area contributed by atoms with Crippen LogP contribution >= 0.6 is 11.6 Å². The van der Waals surface area contributed by atoms with Crippen molar-refractivity contribution in [2.45, 2.75) is 13.3 Å². The van der Waals surface area contributed by atoms with Crippen LogP contribution in [0.5, 0.6) is 0 Å². The van der Waals surface area contributed by atoms with E-state index in [4.69, 9.17) is 11.6 Å². The van der Waals surface area contributed by atoms with E-state index in [1.54, 1.807) is 10.9 Å². The molecule has 2 rings (SSSR count). The number of carbonyl (C=O) groups is 1. The molecule has 128 valence electrons. The van der Waals surface area contributed by atoms with Gasteiger partial charge in [0.05, 0.1) is 28.8 Å². The summed E-state index contributed by atoms with van der Waals surface area (Å²) in [7, 11) is 3.04. The Kier molecular flexibility index (Phi) is 5.40. The molecule has 24 heavy (non-hydrogen) atoms. The van der Waals surface area contributed by atoms with Crippen molar-refractivity contribution in [1.29, 1.82) is 0 Å². The Hall–Kier alpha value is -2.61. The number of hydrogen-bond acceptors (Lipinski definition) is 6. The van der Waals surface area contributed by atoms with E-state index in [1.807, 2.05) is 14.0 Å². The third-order valence-electron chi connectivity index (χ3n) is 3.73. The van der Waals surface area contributed by atoms with E-state index in [0.717, 1.165) is 17.3 Å². The van der Waals surface area contributed by atoms with Gasteiger partial charge in [-0.2, -0.15) is 5.10 Å². The molecule has 0 bridgehead atoms. The molecule has 8 nitrogen and oxygen atoms in total. The van der Waals surface area contributed by atoms with Crippen molar-refractivity contribution in [1.82, 2.24) is 9.78 Å². The van der Waals surface area contributed by atoms with Gasteiger partial charge in [0.2, 0.25) is 0 Å². The van der Waals surface area contributed by atoms with E-state index in [-0.39, 0.29) is 22.0 Å². The molecule has 0 fully saturated rings. The lowest BCUT2D eigenvalue weighted by Crippen LogP contribution is -2.09. The molecule has 2 aromatic rings. The van der Waals surface area contributed by atoms with Gasteiger partial charge in [-0.25, -0.2) is 4.79 Å². The maximum atomic E-state index is 11.6. The summed E-state index contributed by atoms with van der Waals surface area (Å²) in [6.07, 6.45) is 2.41. The normalized spacial score (nSPS) is 10.5. The molecule has 0 radical (unpaired) electrons. The fourth-order valence-electron chi connectivity index (χ4n) is 2.24. The average Bonchev–Trinajstić information content (AvgIpc) is 2.86. The molecule has 0 saturated carbocycles. The number of methoxy groups -OCH3 is 1. The molecular formula is C15H17ClN4O4. The van der Waals surface area contributed by atoms with Gasteiger partial charge in [0.15, 0.2) is 0 Å². The monoisotopic (exact) mass is 352 g/mol. The van der Waals surface area contributed by atoms with Crippen LogP contribution in [0.4, 0.5) is 11.4 Å². The van der Waals surface area contributed by atoms with Crippen LogP contribution in [0.25, 0.3) is 0 Å². The first-order valence-electron chi connectivity index (χ1n) is 7.12. The average molecular weight is 353 g/mol. The molecule has 0 spiro atoms. The van der Waals surface area contributed by atoms with Gasteiger partial charge in [0.25, 0.3) is 5.69 Å². The number of benzene rings is 1. The molecule has 0 unspecified atom stereocenters. The summed E-state index contributed by atoms with van der Waals surface area (Å²) >= 11 is 6.03. The number of nitro benzene ring substituents is 1. The highest BCUT2D eigenvalue weighted by molar-refractivity contribution is 6.34. The molecule has 0 saturated heterocycles. The van der Waals surface area contributed by atoms with Crippen molar-refractivity contribution >= 4 is 28.9 Å². The van der Waals surface area contributed by atoms with Crippen LogP contribution in [0, 0.1) is 17.0 Å². The van der Waals surface area contributed by atoms with E-state index in [1.165, 1.54) is 13.2 Å². The second-order valence-corrected chi connectivity index (χ2v) is 5.56. The van der Waals surface area contributed by atoms with E-state index >= 15 is 0 Å². The van der Waals surface area contributed by atoms with Crippen LogP contribution in [0.1, 0.15) is 21.6 Å². The van der Waals surface area contributed by atoms with Crippen LogP contribution < -0.4 is 5.32 Å². The van der Waals surface area contributed by atoms with Gasteiger partial charge in [0.1, 0.15) is 5.69 Å². The van der Waals surface area contributed by atoms with Crippen molar-refractivity contribution in [3.05, 3.63) is 50.3 Å². The van der Waals surface area contributed by atoms with Crippen LogP contribution in [0.2, 0.25) is 5.02 Å². The van der Waals surface area contributed by atoms with Crippen molar-refractivity contribution in [2.24, 2.45) is 7.05 Å². The van der Waals surface area contributed by atoms with E-state index in [0.29, 0.717) is 13.0 Å². The zero-order valence-corrected chi connectivity index (χ0v) is 14.3. The molecule has 1 aromatic heterocycles. The zero-order valence-electron chi connectivity index (χ0n) is 13.5. The van der Waals surface area contributed by atoms with E-state index in [2.05, 4.69) is 15.2 Å². The number of anilines is 1. The summed E-state index contributed by atoms with van der Waals surface area (Å²) in [5, 5.41) is 18.5. The first-order chi connectivity index (χ1) is 11.3. The van der Waals surface area contributed by atoms with Crippen LogP contribution in [0.3, 0.4) is 0 Å². The van der Waals surface area contributed by atoms with Gasteiger partial charge in [-0.1, -0.05) is 11.6 Å². The van der Waals surface area contributed by atoms with Crippen molar-refractivity contribution in [3.63, 3.8) is 0 Å². The number of esters is 1. The SMILES string of the molecule is COC(=O)c1cc([N+](=O)[O-])c(NCCc2cnn(C)c2C)cc1Cl. The highest BCUT2D eigenvalue weighted by atomic mass is 35.5. The topological polar surface area (TPSA) is 99.3 Å². The largest absolute Gasteiger partial charge is 0.465 e. The van der Waals surface area contributed by atoms with Crippen molar-refractivity contribution in [2.75, 3.05) is 19.0 Å². The Morgan fingerprint density at radius 1 is 1.50 bits per heavy atom. The first-order valence-corrected chi connectivity index (χ1v) is 7.50. The van der Waals surface area contributed by atoms with Gasteiger partial charge in [-0.05, 0) is 25.0 Å².